The van der Waals surface area contributed by atoms with Crippen LogP contribution >= 0.6 is 23.7 Å². The van der Waals surface area contributed by atoms with Crippen molar-refractivity contribution in [3.8, 4) is 0 Å². The molecule has 0 spiro atoms. The molecule has 0 aliphatic carbocycles. The van der Waals surface area contributed by atoms with E-state index in [4.69, 9.17) is 15.0 Å². The van der Waals surface area contributed by atoms with E-state index in [0.717, 1.165) is 18.0 Å². The first-order valence-electron chi connectivity index (χ1n) is 6.99. The van der Waals surface area contributed by atoms with Gasteiger partial charge in [0.1, 0.15) is 0 Å². The van der Waals surface area contributed by atoms with E-state index in [1.165, 1.54) is 11.3 Å². The van der Waals surface area contributed by atoms with E-state index < -0.39 is 0 Å². The summed E-state index contributed by atoms with van der Waals surface area (Å²) in [6.45, 7) is 6.95. The number of halogens is 1. The number of thiazole rings is 1. The van der Waals surface area contributed by atoms with Crippen molar-refractivity contribution in [1.82, 2.24) is 20.0 Å². The summed E-state index contributed by atoms with van der Waals surface area (Å²) < 4.78 is 10.9. The van der Waals surface area contributed by atoms with Crippen molar-refractivity contribution in [2.75, 3.05) is 25.5 Å². The fourth-order valence-electron chi connectivity index (χ4n) is 2.28. The molecular formula is C13H20ClN5O2S. The molecule has 1 aliphatic heterocycles. The third-order valence-electron chi connectivity index (χ3n) is 3.42. The Morgan fingerprint density at radius 2 is 2.32 bits per heavy atom. The van der Waals surface area contributed by atoms with Gasteiger partial charge in [-0.3, -0.25) is 4.90 Å². The number of ether oxygens (including phenoxy) is 1. The quantitative estimate of drug-likeness (QED) is 0.908. The van der Waals surface area contributed by atoms with Crippen molar-refractivity contribution in [2.45, 2.75) is 32.4 Å². The first kappa shape index (κ1) is 17.1. The van der Waals surface area contributed by atoms with Crippen LogP contribution in [-0.2, 0) is 11.3 Å². The Morgan fingerprint density at radius 3 is 2.95 bits per heavy atom. The van der Waals surface area contributed by atoms with Gasteiger partial charge in [0.2, 0.25) is 5.89 Å². The molecule has 3 heterocycles. The number of hydrogen-bond donors (Lipinski definition) is 1. The second kappa shape index (κ2) is 7.36. The maximum atomic E-state index is 5.69. The van der Waals surface area contributed by atoms with Crippen molar-refractivity contribution in [3.63, 3.8) is 0 Å². The zero-order chi connectivity index (χ0) is 14.8. The van der Waals surface area contributed by atoms with Gasteiger partial charge in [-0.05, 0) is 0 Å². The molecule has 0 bridgehead atoms. The SMILES string of the molecule is CC(C)c1nc(C2COCCN2Cc2cnc(N)s2)no1.Cl. The zero-order valence-electron chi connectivity index (χ0n) is 12.6. The van der Waals surface area contributed by atoms with Gasteiger partial charge in [-0.25, -0.2) is 4.98 Å². The van der Waals surface area contributed by atoms with Crippen LogP contribution in [-0.4, -0.2) is 39.8 Å². The van der Waals surface area contributed by atoms with Crippen LogP contribution in [0.15, 0.2) is 10.7 Å². The van der Waals surface area contributed by atoms with Crippen molar-refractivity contribution in [3.05, 3.63) is 22.8 Å². The van der Waals surface area contributed by atoms with Gasteiger partial charge in [0.05, 0.1) is 19.3 Å². The fraction of sp³-hybridized carbons (Fsp3) is 0.615. The maximum Gasteiger partial charge on any atom is 0.229 e. The topological polar surface area (TPSA) is 90.3 Å². The molecule has 1 unspecified atom stereocenters. The average Bonchev–Trinajstić information content (AvgIpc) is 3.09. The van der Waals surface area contributed by atoms with Gasteiger partial charge in [0.15, 0.2) is 11.0 Å². The van der Waals surface area contributed by atoms with Gasteiger partial charge in [0.25, 0.3) is 0 Å². The van der Waals surface area contributed by atoms with Crippen LogP contribution in [0.4, 0.5) is 5.13 Å². The standard InChI is InChI=1S/C13H19N5O2S.ClH/c1-8(2)12-16-11(17-20-12)10-7-19-4-3-18(10)6-9-5-15-13(14)21-9;/h5,8,10H,3-4,6-7H2,1-2H3,(H2,14,15);1H. The van der Waals surface area contributed by atoms with Crippen LogP contribution in [0.2, 0.25) is 0 Å². The third-order valence-corrected chi connectivity index (χ3v) is 4.23. The molecule has 3 rings (SSSR count). The van der Waals surface area contributed by atoms with Gasteiger partial charge >= 0.3 is 0 Å². The Morgan fingerprint density at radius 1 is 1.50 bits per heavy atom. The molecule has 1 saturated heterocycles. The Balaban J connectivity index is 0.00000176. The Kier molecular flexibility index (Phi) is 5.74. The highest BCUT2D eigenvalue weighted by Gasteiger charge is 2.29. The predicted octanol–water partition coefficient (Wildman–Crippen LogP) is 2.23. The maximum absolute atomic E-state index is 5.69. The van der Waals surface area contributed by atoms with E-state index >= 15 is 0 Å². The van der Waals surface area contributed by atoms with Gasteiger partial charge in [-0.2, -0.15) is 4.98 Å². The molecule has 1 aliphatic rings. The molecule has 0 saturated carbocycles. The van der Waals surface area contributed by atoms with E-state index in [2.05, 4.69) is 20.0 Å². The molecular weight excluding hydrogens is 326 g/mol. The fourth-order valence-corrected chi connectivity index (χ4v) is 2.99. The van der Waals surface area contributed by atoms with Crippen LogP contribution in [0.3, 0.4) is 0 Å². The van der Waals surface area contributed by atoms with Crippen LogP contribution < -0.4 is 5.73 Å². The molecule has 0 aromatic carbocycles. The lowest BCUT2D eigenvalue weighted by Crippen LogP contribution is -2.39. The Bertz CT molecular complexity index is 603. The minimum atomic E-state index is 0. The first-order chi connectivity index (χ1) is 10.1. The average molecular weight is 346 g/mol. The summed E-state index contributed by atoms with van der Waals surface area (Å²) in [5, 5.41) is 4.71. The molecule has 0 amide bonds. The molecule has 9 heteroatoms. The predicted molar refractivity (Wildman–Crippen MR) is 86.1 cm³/mol. The van der Waals surface area contributed by atoms with Gasteiger partial charge < -0.3 is 15.0 Å². The molecule has 1 atom stereocenters. The van der Waals surface area contributed by atoms with Gasteiger partial charge in [0, 0.05) is 30.1 Å². The van der Waals surface area contributed by atoms with Crippen molar-refractivity contribution < 1.29 is 9.26 Å². The number of rotatable bonds is 4. The van der Waals surface area contributed by atoms with Gasteiger partial charge in [-0.15, -0.1) is 23.7 Å². The lowest BCUT2D eigenvalue weighted by atomic mass is 10.2. The largest absolute Gasteiger partial charge is 0.378 e. The number of morpholine rings is 1. The minimum absolute atomic E-state index is 0. The highest BCUT2D eigenvalue weighted by molar-refractivity contribution is 7.15. The zero-order valence-corrected chi connectivity index (χ0v) is 14.2. The summed E-state index contributed by atoms with van der Waals surface area (Å²) in [6.07, 6.45) is 1.82. The van der Waals surface area contributed by atoms with Crippen molar-refractivity contribution in [1.29, 1.82) is 0 Å². The minimum Gasteiger partial charge on any atom is -0.378 e. The van der Waals surface area contributed by atoms with Crippen molar-refractivity contribution in [2.24, 2.45) is 0 Å². The first-order valence-corrected chi connectivity index (χ1v) is 7.80. The molecule has 7 nitrogen and oxygen atoms in total. The van der Waals surface area contributed by atoms with E-state index in [0.29, 0.717) is 30.1 Å². The normalized spacial score (nSPS) is 19.3. The number of nitrogen functional groups attached to an aromatic ring is 1. The van der Waals surface area contributed by atoms with E-state index in [1.54, 1.807) is 0 Å². The van der Waals surface area contributed by atoms with Gasteiger partial charge in [-0.1, -0.05) is 19.0 Å². The van der Waals surface area contributed by atoms with Crippen LogP contribution in [0.5, 0.6) is 0 Å². The summed E-state index contributed by atoms with van der Waals surface area (Å²) >= 11 is 1.51. The lowest BCUT2D eigenvalue weighted by molar-refractivity contribution is -0.0162. The summed E-state index contributed by atoms with van der Waals surface area (Å²) in [5.74, 6) is 1.58. The van der Waals surface area contributed by atoms with Crippen LogP contribution in [0, 0.1) is 0 Å². The van der Waals surface area contributed by atoms with Crippen LogP contribution in [0.1, 0.15) is 42.4 Å². The Hall–Kier alpha value is -1.22. The highest BCUT2D eigenvalue weighted by Crippen LogP contribution is 2.27. The molecule has 22 heavy (non-hydrogen) atoms. The smallest absolute Gasteiger partial charge is 0.229 e. The third kappa shape index (κ3) is 3.75. The van der Waals surface area contributed by atoms with Crippen molar-refractivity contribution >= 4 is 28.9 Å². The summed E-state index contributed by atoms with van der Waals surface area (Å²) in [6, 6.07) is 0.0123. The molecule has 1 fully saturated rings. The second-order valence-electron chi connectivity index (χ2n) is 5.37. The summed E-state index contributed by atoms with van der Waals surface area (Å²) in [5.41, 5.74) is 5.69. The number of nitrogens with zero attached hydrogens (tertiary/aromatic N) is 4. The lowest BCUT2D eigenvalue weighted by Gasteiger charge is -2.33. The molecule has 2 aromatic rings. The Labute approximate surface area is 139 Å². The number of aromatic nitrogens is 3. The highest BCUT2D eigenvalue weighted by atomic mass is 35.5. The van der Waals surface area contributed by atoms with Crippen LogP contribution in [0.25, 0.3) is 0 Å². The monoisotopic (exact) mass is 345 g/mol. The number of nitrogens with two attached hydrogens (primary N) is 1. The summed E-state index contributed by atoms with van der Waals surface area (Å²) in [4.78, 5) is 12.0. The molecule has 2 N–H and O–H groups in total. The molecule has 0 radical (unpaired) electrons. The van der Waals surface area contributed by atoms with E-state index in [-0.39, 0.29) is 24.4 Å². The molecule has 2 aromatic heterocycles. The van der Waals surface area contributed by atoms with E-state index in [9.17, 15) is 0 Å². The number of hydrogen-bond acceptors (Lipinski definition) is 8. The number of anilines is 1. The summed E-state index contributed by atoms with van der Waals surface area (Å²) in [7, 11) is 0. The van der Waals surface area contributed by atoms with E-state index in [1.807, 2.05) is 20.0 Å². The second-order valence-corrected chi connectivity index (χ2v) is 6.52. The molecule has 122 valence electrons.